The normalized spacial score (nSPS) is 23.5. The van der Waals surface area contributed by atoms with E-state index >= 15 is 0 Å². The van der Waals surface area contributed by atoms with Gasteiger partial charge >= 0.3 is 6.09 Å². The maximum absolute atomic E-state index is 10.6. The zero-order valence-electron chi connectivity index (χ0n) is 9.89. The van der Waals surface area contributed by atoms with Crippen LogP contribution in [0, 0.1) is 5.92 Å². The molecule has 1 aliphatic rings. The predicted molar refractivity (Wildman–Crippen MR) is 61.4 cm³/mol. The molecule has 94 valence electrons. The summed E-state index contributed by atoms with van der Waals surface area (Å²) in [5, 5.41) is 8.73. The second-order valence-corrected chi connectivity index (χ2v) is 4.60. The standard InChI is InChI=1S/C11H22N2O3/c1-13(11(14)15)7-10(12)6-9-4-2-3-5-16-8-9/h9-10H,2-8,12H2,1H3,(H,14,15)/t9?,10-/m0/s1. The Kier molecular flexibility index (Phi) is 5.55. The molecule has 1 aliphatic heterocycles. The number of likely N-dealkylation sites (N-methyl/N-ethyl adjacent to an activating group) is 1. The molecule has 16 heavy (non-hydrogen) atoms. The van der Waals surface area contributed by atoms with Crippen LogP contribution >= 0.6 is 0 Å². The summed E-state index contributed by atoms with van der Waals surface area (Å²) in [6, 6.07) is -0.0900. The van der Waals surface area contributed by atoms with E-state index in [0.29, 0.717) is 12.5 Å². The summed E-state index contributed by atoms with van der Waals surface area (Å²) in [6.07, 6.45) is 3.38. The number of ether oxygens (including phenoxy) is 1. The fourth-order valence-corrected chi connectivity index (χ4v) is 2.09. The van der Waals surface area contributed by atoms with Crippen LogP contribution in [-0.4, -0.2) is 48.9 Å². The van der Waals surface area contributed by atoms with E-state index in [1.165, 1.54) is 11.3 Å². The van der Waals surface area contributed by atoms with Crippen molar-refractivity contribution in [3.05, 3.63) is 0 Å². The maximum Gasteiger partial charge on any atom is 0.407 e. The summed E-state index contributed by atoms with van der Waals surface area (Å²) in [7, 11) is 1.55. The molecular weight excluding hydrogens is 208 g/mol. The Balaban J connectivity index is 2.26. The zero-order valence-corrected chi connectivity index (χ0v) is 9.89. The summed E-state index contributed by atoms with van der Waals surface area (Å²) in [6.45, 7) is 2.01. The van der Waals surface area contributed by atoms with Crippen LogP contribution in [0.5, 0.6) is 0 Å². The van der Waals surface area contributed by atoms with Gasteiger partial charge in [0.25, 0.3) is 0 Å². The van der Waals surface area contributed by atoms with Gasteiger partial charge in [0.1, 0.15) is 0 Å². The molecule has 5 nitrogen and oxygen atoms in total. The fourth-order valence-electron chi connectivity index (χ4n) is 2.09. The summed E-state index contributed by atoms with van der Waals surface area (Å²) in [5.41, 5.74) is 5.93. The Morgan fingerprint density at radius 1 is 1.62 bits per heavy atom. The van der Waals surface area contributed by atoms with Gasteiger partial charge in [0.15, 0.2) is 0 Å². The molecule has 1 amide bonds. The third kappa shape index (κ3) is 4.81. The Labute approximate surface area is 96.6 Å². The van der Waals surface area contributed by atoms with Gasteiger partial charge in [-0.05, 0) is 25.2 Å². The second-order valence-electron chi connectivity index (χ2n) is 4.60. The molecular formula is C11H22N2O3. The highest BCUT2D eigenvalue weighted by Crippen LogP contribution is 2.18. The first-order chi connectivity index (χ1) is 7.59. The average Bonchev–Trinajstić information content (AvgIpc) is 2.45. The predicted octanol–water partition coefficient (Wildman–Crippen LogP) is 1.13. The molecule has 0 aromatic carbocycles. The van der Waals surface area contributed by atoms with Gasteiger partial charge in [-0.2, -0.15) is 0 Å². The van der Waals surface area contributed by atoms with Crippen molar-refractivity contribution in [2.24, 2.45) is 11.7 Å². The summed E-state index contributed by atoms with van der Waals surface area (Å²) < 4.78 is 5.47. The zero-order chi connectivity index (χ0) is 12.0. The molecule has 0 saturated carbocycles. The monoisotopic (exact) mass is 230 g/mol. The lowest BCUT2D eigenvalue weighted by Crippen LogP contribution is -2.39. The van der Waals surface area contributed by atoms with E-state index in [-0.39, 0.29) is 6.04 Å². The third-order valence-electron chi connectivity index (χ3n) is 2.98. The molecule has 1 unspecified atom stereocenters. The van der Waals surface area contributed by atoms with Gasteiger partial charge in [-0.1, -0.05) is 6.42 Å². The van der Waals surface area contributed by atoms with Gasteiger partial charge in [-0.15, -0.1) is 0 Å². The molecule has 3 N–H and O–H groups in total. The number of nitrogens with zero attached hydrogens (tertiary/aromatic N) is 1. The summed E-state index contributed by atoms with van der Waals surface area (Å²) in [5.74, 6) is 0.486. The van der Waals surface area contributed by atoms with Gasteiger partial charge in [-0.3, -0.25) is 0 Å². The Morgan fingerprint density at radius 3 is 3.06 bits per heavy atom. The van der Waals surface area contributed by atoms with Crippen LogP contribution < -0.4 is 5.73 Å². The highest BCUT2D eigenvalue weighted by atomic mass is 16.5. The lowest BCUT2D eigenvalue weighted by atomic mass is 9.96. The van der Waals surface area contributed by atoms with Crippen molar-refractivity contribution >= 4 is 6.09 Å². The van der Waals surface area contributed by atoms with Crippen molar-refractivity contribution in [1.82, 2.24) is 4.90 Å². The van der Waals surface area contributed by atoms with Gasteiger partial charge in [-0.25, -0.2) is 4.79 Å². The molecule has 2 atom stereocenters. The number of carbonyl (C=O) groups is 1. The van der Waals surface area contributed by atoms with Crippen molar-refractivity contribution in [1.29, 1.82) is 0 Å². The van der Waals surface area contributed by atoms with E-state index in [0.717, 1.165) is 32.5 Å². The third-order valence-corrected chi connectivity index (χ3v) is 2.98. The van der Waals surface area contributed by atoms with Crippen LogP contribution in [0.15, 0.2) is 0 Å². The van der Waals surface area contributed by atoms with Crippen LogP contribution in [0.1, 0.15) is 25.7 Å². The first-order valence-corrected chi connectivity index (χ1v) is 5.87. The van der Waals surface area contributed by atoms with Gasteiger partial charge in [0, 0.05) is 32.8 Å². The molecule has 0 spiro atoms. The largest absolute Gasteiger partial charge is 0.465 e. The second kappa shape index (κ2) is 6.70. The molecule has 0 radical (unpaired) electrons. The Morgan fingerprint density at radius 2 is 2.38 bits per heavy atom. The van der Waals surface area contributed by atoms with Gasteiger partial charge in [0.2, 0.25) is 0 Å². The smallest absolute Gasteiger partial charge is 0.407 e. The number of amides is 1. The van der Waals surface area contributed by atoms with Crippen LogP contribution in [-0.2, 0) is 4.74 Å². The number of hydrogen-bond acceptors (Lipinski definition) is 3. The molecule has 1 rings (SSSR count). The molecule has 0 aliphatic carbocycles. The first kappa shape index (κ1) is 13.3. The maximum atomic E-state index is 10.6. The van der Waals surface area contributed by atoms with Crippen molar-refractivity contribution < 1.29 is 14.6 Å². The lowest BCUT2D eigenvalue weighted by molar-refractivity contribution is 0.107. The van der Waals surface area contributed by atoms with Crippen LogP contribution in [0.3, 0.4) is 0 Å². The molecule has 0 bridgehead atoms. The molecule has 0 aromatic heterocycles. The quantitative estimate of drug-likeness (QED) is 0.759. The lowest BCUT2D eigenvalue weighted by Gasteiger charge is -2.22. The summed E-state index contributed by atoms with van der Waals surface area (Å²) in [4.78, 5) is 11.9. The van der Waals surface area contributed by atoms with Crippen LogP contribution in [0.2, 0.25) is 0 Å². The van der Waals surface area contributed by atoms with Gasteiger partial charge < -0.3 is 20.5 Å². The van der Waals surface area contributed by atoms with Crippen molar-refractivity contribution in [2.45, 2.75) is 31.7 Å². The van der Waals surface area contributed by atoms with E-state index < -0.39 is 6.09 Å². The Bertz CT molecular complexity index is 215. The SMILES string of the molecule is CN(C[C@@H](N)CC1CCCCOC1)C(=O)O. The minimum Gasteiger partial charge on any atom is -0.465 e. The topological polar surface area (TPSA) is 75.8 Å². The number of carboxylic acid groups (broad SMARTS) is 1. The summed E-state index contributed by atoms with van der Waals surface area (Å²) >= 11 is 0. The Hall–Kier alpha value is -0.810. The minimum atomic E-state index is -0.924. The fraction of sp³-hybridized carbons (Fsp3) is 0.909. The number of hydrogen-bond donors (Lipinski definition) is 2. The first-order valence-electron chi connectivity index (χ1n) is 5.87. The van der Waals surface area contributed by atoms with Crippen molar-refractivity contribution in [3.63, 3.8) is 0 Å². The molecule has 5 heteroatoms. The van der Waals surface area contributed by atoms with E-state index in [2.05, 4.69) is 0 Å². The number of nitrogens with two attached hydrogens (primary N) is 1. The molecule has 1 heterocycles. The highest BCUT2D eigenvalue weighted by molar-refractivity contribution is 5.64. The molecule has 0 aromatic rings. The van der Waals surface area contributed by atoms with E-state index in [4.69, 9.17) is 15.6 Å². The average molecular weight is 230 g/mol. The van der Waals surface area contributed by atoms with Crippen molar-refractivity contribution in [2.75, 3.05) is 26.8 Å². The number of rotatable bonds is 4. The minimum absolute atomic E-state index is 0.0900. The molecule has 1 fully saturated rings. The molecule has 1 saturated heterocycles. The van der Waals surface area contributed by atoms with Crippen LogP contribution in [0.25, 0.3) is 0 Å². The van der Waals surface area contributed by atoms with E-state index in [1.54, 1.807) is 7.05 Å². The van der Waals surface area contributed by atoms with Gasteiger partial charge in [0.05, 0.1) is 0 Å². The highest BCUT2D eigenvalue weighted by Gasteiger charge is 2.18. The van der Waals surface area contributed by atoms with Crippen molar-refractivity contribution in [3.8, 4) is 0 Å². The van der Waals surface area contributed by atoms with Crippen LogP contribution in [0.4, 0.5) is 4.79 Å². The van der Waals surface area contributed by atoms with E-state index in [1.807, 2.05) is 0 Å². The van der Waals surface area contributed by atoms with E-state index in [9.17, 15) is 4.79 Å².